The molecule has 0 fully saturated rings. The van der Waals surface area contributed by atoms with E-state index in [-0.39, 0.29) is 17.2 Å². The van der Waals surface area contributed by atoms with Crippen molar-refractivity contribution >= 4 is 40.4 Å². The number of allylic oxidation sites excluding steroid dienone is 1. The normalized spacial score (nSPS) is 17.2. The number of carboxylic acids is 1. The molecule has 162 valence electrons. The smallest absolute Gasteiger partial charge is 0.335 e. The van der Waals surface area contributed by atoms with Crippen LogP contribution < -0.4 is 14.9 Å². The number of rotatable bonds is 3. The van der Waals surface area contributed by atoms with Crippen LogP contribution in [0, 0.1) is 0 Å². The SMILES string of the molecule is O=C(O)c1ccc(/C=c2\sc3n(c2=O)C(c2cccs2)C2=C(N=3)c3ccccc3CC2)cc1. The zero-order valence-corrected chi connectivity index (χ0v) is 19.0. The number of aryl methyl sites for hydroxylation is 1. The van der Waals surface area contributed by atoms with Gasteiger partial charge >= 0.3 is 5.97 Å². The van der Waals surface area contributed by atoms with Gasteiger partial charge in [0.05, 0.1) is 21.8 Å². The van der Waals surface area contributed by atoms with E-state index >= 15 is 0 Å². The largest absolute Gasteiger partial charge is 0.478 e. The summed E-state index contributed by atoms with van der Waals surface area (Å²) in [4.78, 5) is 31.6. The molecule has 3 heterocycles. The minimum absolute atomic E-state index is 0.0649. The Bertz CT molecular complexity index is 1610. The Balaban J connectivity index is 1.57. The molecule has 0 spiro atoms. The monoisotopic (exact) mass is 470 g/mol. The predicted octanol–water partition coefficient (Wildman–Crippen LogP) is 4.08. The van der Waals surface area contributed by atoms with E-state index in [1.807, 2.05) is 28.2 Å². The van der Waals surface area contributed by atoms with E-state index in [9.17, 15) is 9.59 Å². The first kappa shape index (κ1) is 20.1. The average Bonchev–Trinajstić information content (AvgIpc) is 3.47. The molecule has 4 aromatic rings. The van der Waals surface area contributed by atoms with Crippen molar-refractivity contribution in [3.8, 4) is 0 Å². The summed E-state index contributed by atoms with van der Waals surface area (Å²) in [5, 5.41) is 11.2. The van der Waals surface area contributed by atoms with Gasteiger partial charge in [-0.25, -0.2) is 9.79 Å². The van der Waals surface area contributed by atoms with Crippen molar-refractivity contribution in [2.45, 2.75) is 18.9 Å². The molecule has 0 radical (unpaired) electrons. The summed E-state index contributed by atoms with van der Waals surface area (Å²) in [6, 6.07) is 18.9. The van der Waals surface area contributed by atoms with Gasteiger partial charge < -0.3 is 5.11 Å². The molecule has 1 aliphatic carbocycles. The van der Waals surface area contributed by atoms with Gasteiger partial charge in [0, 0.05) is 10.4 Å². The number of aromatic carboxylic acids is 1. The highest BCUT2D eigenvalue weighted by molar-refractivity contribution is 7.10. The van der Waals surface area contributed by atoms with Crippen molar-refractivity contribution in [3.63, 3.8) is 0 Å². The van der Waals surface area contributed by atoms with Crippen LogP contribution in [0.25, 0.3) is 11.8 Å². The third-order valence-corrected chi connectivity index (χ3v) is 8.05. The number of carboxylic acid groups (broad SMARTS) is 1. The number of thiazole rings is 1. The second kappa shape index (κ2) is 7.79. The quantitative estimate of drug-likeness (QED) is 0.491. The Morgan fingerprint density at radius 3 is 2.64 bits per heavy atom. The maximum Gasteiger partial charge on any atom is 0.335 e. The maximum atomic E-state index is 13.6. The van der Waals surface area contributed by atoms with Gasteiger partial charge in [0.25, 0.3) is 5.56 Å². The first-order chi connectivity index (χ1) is 16.1. The van der Waals surface area contributed by atoms with Crippen molar-refractivity contribution in [2.24, 2.45) is 4.99 Å². The van der Waals surface area contributed by atoms with E-state index in [1.54, 1.807) is 35.6 Å². The standard InChI is InChI=1S/C26H18N2O3S2/c29-24-21(14-15-7-9-17(10-8-15)25(30)31)33-26-27-22-18-5-2-1-4-16(18)11-12-19(22)23(28(24)26)20-6-3-13-32-20/h1-10,13-14,23H,11-12H2,(H,30,31)/b21-14-. The lowest BCUT2D eigenvalue weighted by molar-refractivity contribution is 0.0697. The molecule has 33 heavy (non-hydrogen) atoms. The minimum atomic E-state index is -0.970. The van der Waals surface area contributed by atoms with Gasteiger partial charge in [-0.1, -0.05) is 53.8 Å². The Labute approximate surface area is 196 Å². The number of thiophene rings is 1. The fraction of sp³-hybridized carbons (Fsp3) is 0.115. The molecule has 1 atom stereocenters. The molecular weight excluding hydrogens is 452 g/mol. The number of aromatic nitrogens is 1. The van der Waals surface area contributed by atoms with Crippen molar-refractivity contribution in [1.82, 2.24) is 4.57 Å². The number of hydrogen-bond donors (Lipinski definition) is 1. The minimum Gasteiger partial charge on any atom is -0.478 e. The highest BCUT2D eigenvalue weighted by Gasteiger charge is 2.32. The highest BCUT2D eigenvalue weighted by Crippen LogP contribution is 2.42. The zero-order valence-electron chi connectivity index (χ0n) is 17.4. The fourth-order valence-corrected chi connectivity index (χ4v) is 6.44. The molecule has 6 rings (SSSR count). The van der Waals surface area contributed by atoms with Crippen molar-refractivity contribution in [3.05, 3.63) is 118 Å². The lowest BCUT2D eigenvalue weighted by Crippen LogP contribution is -2.38. The van der Waals surface area contributed by atoms with Crippen LogP contribution in [-0.2, 0) is 6.42 Å². The topological polar surface area (TPSA) is 71.7 Å². The van der Waals surface area contributed by atoms with Crippen LogP contribution in [0.3, 0.4) is 0 Å². The third kappa shape index (κ3) is 3.32. The number of hydrogen-bond acceptors (Lipinski definition) is 5. The highest BCUT2D eigenvalue weighted by atomic mass is 32.1. The second-order valence-electron chi connectivity index (χ2n) is 8.06. The van der Waals surface area contributed by atoms with Gasteiger partial charge in [0.2, 0.25) is 0 Å². The molecule has 1 aliphatic heterocycles. The summed E-state index contributed by atoms with van der Waals surface area (Å²) < 4.78 is 2.42. The van der Waals surface area contributed by atoms with E-state index in [1.165, 1.54) is 22.5 Å². The van der Waals surface area contributed by atoms with E-state index in [2.05, 4.69) is 24.3 Å². The summed E-state index contributed by atoms with van der Waals surface area (Å²) in [6.07, 6.45) is 3.63. The van der Waals surface area contributed by atoms with Gasteiger partial charge in [-0.15, -0.1) is 11.3 Å². The van der Waals surface area contributed by atoms with Crippen LogP contribution >= 0.6 is 22.7 Å². The molecule has 5 nitrogen and oxygen atoms in total. The Morgan fingerprint density at radius 1 is 1.06 bits per heavy atom. The summed E-state index contributed by atoms with van der Waals surface area (Å²) >= 11 is 3.04. The Hall–Kier alpha value is -3.55. The van der Waals surface area contributed by atoms with E-state index in [4.69, 9.17) is 10.1 Å². The molecular formula is C26H18N2O3S2. The van der Waals surface area contributed by atoms with Crippen LogP contribution in [0.1, 0.15) is 44.4 Å². The molecule has 2 aromatic heterocycles. The molecule has 2 aromatic carbocycles. The number of benzene rings is 2. The Morgan fingerprint density at radius 2 is 1.88 bits per heavy atom. The molecule has 0 amide bonds. The van der Waals surface area contributed by atoms with Gasteiger partial charge in [-0.2, -0.15) is 0 Å². The third-order valence-electron chi connectivity index (χ3n) is 6.14. The second-order valence-corrected chi connectivity index (χ2v) is 10.0. The van der Waals surface area contributed by atoms with Crippen LogP contribution in [0.2, 0.25) is 0 Å². The first-order valence-corrected chi connectivity index (χ1v) is 12.3. The van der Waals surface area contributed by atoms with Crippen LogP contribution in [0.15, 0.2) is 81.4 Å². The lowest BCUT2D eigenvalue weighted by atomic mass is 9.85. The fourth-order valence-electron chi connectivity index (χ4n) is 4.59. The van der Waals surface area contributed by atoms with Crippen LogP contribution in [0.5, 0.6) is 0 Å². The summed E-state index contributed by atoms with van der Waals surface area (Å²) in [5.41, 5.74) is 5.58. The number of carbonyl (C=O) groups is 1. The van der Waals surface area contributed by atoms with Gasteiger partial charge in [-0.05, 0) is 59.2 Å². The Kier molecular flexibility index (Phi) is 4.74. The van der Waals surface area contributed by atoms with Crippen LogP contribution in [-0.4, -0.2) is 15.6 Å². The van der Waals surface area contributed by atoms with Crippen molar-refractivity contribution < 1.29 is 9.90 Å². The predicted molar refractivity (Wildman–Crippen MR) is 130 cm³/mol. The molecule has 0 saturated heterocycles. The average molecular weight is 471 g/mol. The van der Waals surface area contributed by atoms with E-state index in [0.717, 1.165) is 34.5 Å². The maximum absolute atomic E-state index is 13.6. The summed E-state index contributed by atoms with van der Waals surface area (Å²) in [6.45, 7) is 0. The van der Waals surface area contributed by atoms with Crippen LogP contribution in [0.4, 0.5) is 0 Å². The molecule has 0 saturated carbocycles. The zero-order chi connectivity index (χ0) is 22.5. The number of nitrogens with zero attached hydrogens (tertiary/aromatic N) is 2. The van der Waals surface area contributed by atoms with Crippen molar-refractivity contribution in [1.29, 1.82) is 0 Å². The van der Waals surface area contributed by atoms with E-state index < -0.39 is 5.97 Å². The van der Waals surface area contributed by atoms with Gasteiger partial charge in [0.15, 0.2) is 4.80 Å². The molecule has 1 unspecified atom stereocenters. The molecule has 7 heteroatoms. The molecule has 2 aliphatic rings. The summed E-state index contributed by atoms with van der Waals surface area (Å²) in [7, 11) is 0. The first-order valence-electron chi connectivity index (χ1n) is 10.6. The molecule has 0 bridgehead atoms. The van der Waals surface area contributed by atoms with E-state index in [0.29, 0.717) is 9.33 Å². The van der Waals surface area contributed by atoms with Crippen molar-refractivity contribution in [2.75, 3.05) is 0 Å². The van der Waals surface area contributed by atoms with Gasteiger partial charge in [-0.3, -0.25) is 9.36 Å². The van der Waals surface area contributed by atoms with Gasteiger partial charge in [0.1, 0.15) is 0 Å². The summed E-state index contributed by atoms with van der Waals surface area (Å²) in [5.74, 6) is -0.970. The number of fused-ring (bicyclic) bond motifs is 3. The lowest BCUT2D eigenvalue weighted by Gasteiger charge is -2.30. The molecule has 1 N–H and O–H groups in total.